The van der Waals surface area contributed by atoms with E-state index < -0.39 is 0 Å². The largest absolute Gasteiger partial charge is 0.455 e. The highest BCUT2D eigenvalue weighted by atomic mass is 16.3. The van der Waals surface area contributed by atoms with Crippen molar-refractivity contribution in [2.24, 2.45) is 0 Å². The van der Waals surface area contributed by atoms with E-state index in [0.717, 1.165) is 50.1 Å². The van der Waals surface area contributed by atoms with Crippen molar-refractivity contribution in [2.45, 2.75) is 19.3 Å². The molecule has 0 bridgehead atoms. The minimum absolute atomic E-state index is 0.186. The van der Waals surface area contributed by atoms with Gasteiger partial charge in [0.05, 0.1) is 5.69 Å². The summed E-state index contributed by atoms with van der Waals surface area (Å²) in [5.41, 5.74) is 17.5. The van der Waals surface area contributed by atoms with Gasteiger partial charge in [-0.05, 0) is 109 Å². The van der Waals surface area contributed by atoms with Gasteiger partial charge in [0.2, 0.25) is 0 Å². The summed E-state index contributed by atoms with van der Waals surface area (Å²) in [6, 6.07) is 77.4. The number of furan rings is 1. The molecule has 0 aliphatic heterocycles. The topological polar surface area (TPSA) is 16.4 Å². The Kier molecular flexibility index (Phi) is 7.92. The summed E-state index contributed by atoms with van der Waals surface area (Å²) in [7, 11) is 0. The van der Waals surface area contributed by atoms with Crippen LogP contribution in [0.15, 0.2) is 217 Å². The Balaban J connectivity index is 0.960. The molecular formula is C59H41NO. The quantitative estimate of drug-likeness (QED) is 0.156. The zero-order chi connectivity index (χ0) is 40.7. The summed E-state index contributed by atoms with van der Waals surface area (Å²) in [5, 5.41) is 7.24. The Morgan fingerprint density at radius 2 is 0.918 bits per heavy atom. The third-order valence-electron chi connectivity index (χ3n) is 13.1. The molecule has 10 aromatic carbocycles. The first-order valence-corrected chi connectivity index (χ1v) is 21.2. The summed E-state index contributed by atoms with van der Waals surface area (Å²) < 4.78 is 6.38. The molecule has 1 aliphatic rings. The van der Waals surface area contributed by atoms with E-state index in [4.69, 9.17) is 4.42 Å². The number of hydrogen-bond donors (Lipinski definition) is 0. The van der Waals surface area contributed by atoms with Crippen molar-refractivity contribution in [2.75, 3.05) is 4.90 Å². The molecule has 0 fully saturated rings. The smallest absolute Gasteiger partial charge is 0.143 e. The Bertz CT molecular complexity index is 3480. The normalized spacial score (nSPS) is 12.9. The maximum Gasteiger partial charge on any atom is 0.143 e. The van der Waals surface area contributed by atoms with Crippen molar-refractivity contribution < 1.29 is 4.42 Å². The van der Waals surface area contributed by atoms with Crippen LogP contribution in [0.2, 0.25) is 0 Å². The minimum atomic E-state index is -0.186. The van der Waals surface area contributed by atoms with Crippen LogP contribution < -0.4 is 4.90 Å². The van der Waals surface area contributed by atoms with Gasteiger partial charge in [0.1, 0.15) is 11.2 Å². The number of rotatable bonds is 6. The van der Waals surface area contributed by atoms with Crippen molar-refractivity contribution in [3.8, 4) is 44.5 Å². The summed E-state index contributed by atoms with van der Waals surface area (Å²) in [6.45, 7) is 4.76. The van der Waals surface area contributed by atoms with Gasteiger partial charge in [0, 0.05) is 38.5 Å². The predicted molar refractivity (Wildman–Crippen MR) is 257 cm³/mol. The molecule has 288 valence electrons. The van der Waals surface area contributed by atoms with E-state index in [1.807, 2.05) is 12.1 Å². The lowest BCUT2D eigenvalue weighted by Crippen LogP contribution is -2.17. The number of para-hydroxylation sites is 2. The number of fused-ring (bicyclic) bond motifs is 9. The molecule has 12 rings (SSSR count). The third-order valence-corrected chi connectivity index (χ3v) is 13.1. The second-order valence-electron chi connectivity index (χ2n) is 16.9. The van der Waals surface area contributed by atoms with Gasteiger partial charge in [0.25, 0.3) is 0 Å². The Labute approximate surface area is 355 Å². The molecule has 2 heteroatoms. The standard InChI is InChI=1S/C59H41NO/c1-59(2)54-35-42(38-13-4-3-5-14-38)29-33-49(54)50-34-32-45(37-55(50)59)60(56-36-43-15-6-7-16-46(43)48-17-8-9-18-51(48)56)44-30-27-40(28-31-44)39-23-25-41(26-24-39)47-20-12-21-53-52-19-10-11-22-57(52)61-58(47)53/h3-37H,1-2H3. The molecular weight excluding hydrogens is 739 g/mol. The van der Waals surface area contributed by atoms with E-state index in [1.54, 1.807) is 0 Å². The molecule has 0 unspecified atom stereocenters. The molecule has 0 spiro atoms. The SMILES string of the molecule is CC1(C)c2cc(-c3ccccc3)ccc2-c2ccc(N(c3ccc(-c4ccc(-c5cccc6c5oc5ccccc56)cc4)cc3)c3cc4ccccc4c4ccccc34)cc21. The fourth-order valence-corrected chi connectivity index (χ4v) is 9.94. The van der Waals surface area contributed by atoms with Crippen LogP contribution in [0.5, 0.6) is 0 Å². The zero-order valence-corrected chi connectivity index (χ0v) is 34.1. The Morgan fingerprint density at radius 1 is 0.361 bits per heavy atom. The second kappa shape index (κ2) is 13.7. The fraction of sp³-hybridized carbons (Fsp3) is 0.0508. The van der Waals surface area contributed by atoms with Gasteiger partial charge in [-0.2, -0.15) is 0 Å². The van der Waals surface area contributed by atoms with Crippen molar-refractivity contribution in [1.29, 1.82) is 0 Å². The monoisotopic (exact) mass is 779 g/mol. The van der Waals surface area contributed by atoms with Crippen LogP contribution in [0.3, 0.4) is 0 Å². The summed E-state index contributed by atoms with van der Waals surface area (Å²) in [6.07, 6.45) is 0. The number of nitrogens with zero attached hydrogens (tertiary/aromatic N) is 1. The van der Waals surface area contributed by atoms with Crippen LogP contribution in [0, 0.1) is 0 Å². The highest BCUT2D eigenvalue weighted by molar-refractivity contribution is 6.15. The zero-order valence-electron chi connectivity index (χ0n) is 34.1. The Morgan fingerprint density at radius 3 is 1.70 bits per heavy atom. The predicted octanol–water partition coefficient (Wildman–Crippen LogP) is 16.7. The van der Waals surface area contributed by atoms with E-state index in [1.165, 1.54) is 66.1 Å². The molecule has 2 nitrogen and oxygen atoms in total. The van der Waals surface area contributed by atoms with E-state index in [-0.39, 0.29) is 5.41 Å². The van der Waals surface area contributed by atoms with Crippen molar-refractivity contribution in [1.82, 2.24) is 0 Å². The van der Waals surface area contributed by atoms with Crippen LogP contribution >= 0.6 is 0 Å². The van der Waals surface area contributed by atoms with Crippen LogP contribution in [-0.4, -0.2) is 0 Å². The van der Waals surface area contributed by atoms with Crippen LogP contribution in [0.25, 0.3) is 88.0 Å². The van der Waals surface area contributed by atoms with Gasteiger partial charge >= 0.3 is 0 Å². The van der Waals surface area contributed by atoms with Crippen molar-refractivity contribution in [3.63, 3.8) is 0 Å². The second-order valence-corrected chi connectivity index (χ2v) is 16.9. The minimum Gasteiger partial charge on any atom is -0.455 e. The molecule has 0 radical (unpaired) electrons. The Hall–Kier alpha value is -7.68. The maximum absolute atomic E-state index is 6.38. The summed E-state index contributed by atoms with van der Waals surface area (Å²) >= 11 is 0. The van der Waals surface area contributed by atoms with E-state index >= 15 is 0 Å². The van der Waals surface area contributed by atoms with Crippen LogP contribution in [-0.2, 0) is 5.41 Å². The molecule has 1 aromatic heterocycles. The van der Waals surface area contributed by atoms with Crippen molar-refractivity contribution in [3.05, 3.63) is 223 Å². The molecule has 0 amide bonds. The van der Waals surface area contributed by atoms with E-state index in [2.05, 4.69) is 219 Å². The lowest BCUT2D eigenvalue weighted by atomic mass is 9.81. The first-order valence-electron chi connectivity index (χ1n) is 21.2. The van der Waals surface area contributed by atoms with Gasteiger partial charge in [-0.3, -0.25) is 0 Å². The van der Waals surface area contributed by atoms with Gasteiger partial charge in [-0.1, -0.05) is 184 Å². The van der Waals surface area contributed by atoms with Crippen molar-refractivity contribution >= 4 is 60.5 Å². The number of hydrogen-bond acceptors (Lipinski definition) is 2. The molecule has 1 heterocycles. The molecule has 0 atom stereocenters. The lowest BCUT2D eigenvalue weighted by molar-refractivity contribution is 0.660. The molecule has 0 N–H and O–H groups in total. The average molecular weight is 780 g/mol. The average Bonchev–Trinajstić information content (AvgIpc) is 3.81. The summed E-state index contributed by atoms with van der Waals surface area (Å²) in [4.78, 5) is 2.46. The number of benzene rings is 10. The van der Waals surface area contributed by atoms with E-state index in [0.29, 0.717) is 0 Å². The highest BCUT2D eigenvalue weighted by Crippen LogP contribution is 2.52. The summed E-state index contributed by atoms with van der Waals surface area (Å²) in [5.74, 6) is 0. The molecule has 0 saturated heterocycles. The van der Waals surface area contributed by atoms with Gasteiger partial charge < -0.3 is 9.32 Å². The molecule has 11 aromatic rings. The highest BCUT2D eigenvalue weighted by Gasteiger charge is 2.36. The van der Waals surface area contributed by atoms with Crippen LogP contribution in [0.4, 0.5) is 17.1 Å². The maximum atomic E-state index is 6.38. The first kappa shape index (κ1) is 35.3. The number of anilines is 3. The first-order chi connectivity index (χ1) is 30.0. The third kappa shape index (κ3) is 5.64. The fourth-order valence-electron chi connectivity index (χ4n) is 9.94. The lowest BCUT2D eigenvalue weighted by Gasteiger charge is -2.29. The van der Waals surface area contributed by atoms with E-state index in [9.17, 15) is 0 Å². The van der Waals surface area contributed by atoms with Gasteiger partial charge in [0.15, 0.2) is 0 Å². The molecule has 61 heavy (non-hydrogen) atoms. The van der Waals surface area contributed by atoms with Crippen LogP contribution in [0.1, 0.15) is 25.0 Å². The molecule has 1 aliphatic carbocycles. The van der Waals surface area contributed by atoms with Gasteiger partial charge in [-0.25, -0.2) is 0 Å². The molecule has 0 saturated carbocycles. The van der Waals surface area contributed by atoms with Gasteiger partial charge in [-0.15, -0.1) is 0 Å².